The van der Waals surface area contributed by atoms with Crippen LogP contribution in [0.1, 0.15) is 25.7 Å². The number of allylic oxidation sites excluding steroid dienone is 2. The molecule has 1 atom stereocenters. The number of nitrogens with zero attached hydrogens (tertiary/aromatic N) is 1. The molecule has 3 nitrogen and oxygen atoms in total. The highest BCUT2D eigenvalue weighted by Gasteiger charge is 2.16. The maximum absolute atomic E-state index is 10.5. The zero-order valence-corrected chi connectivity index (χ0v) is 12.5. The molecular formula is C14H21Cl2NO2. The van der Waals surface area contributed by atoms with E-state index in [1.807, 2.05) is 0 Å². The van der Waals surface area contributed by atoms with Crippen molar-refractivity contribution in [2.45, 2.75) is 31.7 Å². The van der Waals surface area contributed by atoms with E-state index in [-0.39, 0.29) is 6.42 Å². The van der Waals surface area contributed by atoms with Crippen LogP contribution in [0.2, 0.25) is 0 Å². The zero-order valence-electron chi connectivity index (χ0n) is 11.0. The lowest BCUT2D eigenvalue weighted by atomic mass is 9.98. The predicted octanol–water partition coefficient (Wildman–Crippen LogP) is 3.28. The third-order valence-electron chi connectivity index (χ3n) is 3.22. The molecule has 0 radical (unpaired) electrons. The highest BCUT2D eigenvalue weighted by atomic mass is 35.5. The molecule has 1 aliphatic rings. The minimum Gasteiger partial charge on any atom is -0.481 e. The second-order valence-corrected chi connectivity index (χ2v) is 5.36. The summed E-state index contributed by atoms with van der Waals surface area (Å²) in [4.78, 5) is 12.7. The fourth-order valence-corrected chi connectivity index (χ4v) is 2.65. The Hall–Kier alpha value is -0.510. The van der Waals surface area contributed by atoms with E-state index < -0.39 is 5.97 Å². The summed E-state index contributed by atoms with van der Waals surface area (Å²) >= 11 is 11.6. The molecule has 0 aromatic rings. The maximum atomic E-state index is 10.5. The second kappa shape index (κ2) is 9.40. The lowest BCUT2D eigenvalue weighted by Crippen LogP contribution is -2.37. The number of carboxylic acids is 1. The van der Waals surface area contributed by atoms with Gasteiger partial charge in [0.2, 0.25) is 0 Å². The lowest BCUT2D eigenvalue weighted by Gasteiger charge is -2.29. The maximum Gasteiger partial charge on any atom is 0.303 e. The van der Waals surface area contributed by atoms with Gasteiger partial charge in [0.1, 0.15) is 0 Å². The van der Waals surface area contributed by atoms with Crippen LogP contribution in [0.15, 0.2) is 23.8 Å². The summed E-state index contributed by atoms with van der Waals surface area (Å²) in [5, 5.41) is 8.61. The Kier molecular flexibility index (Phi) is 8.19. The van der Waals surface area contributed by atoms with Crippen LogP contribution in [0.3, 0.4) is 0 Å². The van der Waals surface area contributed by atoms with E-state index in [1.54, 1.807) is 0 Å². The van der Waals surface area contributed by atoms with Crippen molar-refractivity contribution in [1.29, 1.82) is 0 Å². The third-order valence-corrected chi connectivity index (χ3v) is 3.56. The van der Waals surface area contributed by atoms with Crippen LogP contribution in [0.25, 0.3) is 0 Å². The molecule has 1 unspecified atom stereocenters. The summed E-state index contributed by atoms with van der Waals surface area (Å²) in [6.07, 6.45) is 9.19. The van der Waals surface area contributed by atoms with E-state index in [4.69, 9.17) is 28.3 Å². The molecule has 19 heavy (non-hydrogen) atoms. The fourth-order valence-electron chi connectivity index (χ4n) is 2.21. The van der Waals surface area contributed by atoms with E-state index in [0.29, 0.717) is 24.2 Å². The number of carboxylic acid groups (broad SMARTS) is 1. The monoisotopic (exact) mass is 305 g/mol. The Labute approximate surface area is 124 Å². The minimum absolute atomic E-state index is 0.235. The van der Waals surface area contributed by atoms with Gasteiger partial charge in [-0.2, -0.15) is 0 Å². The van der Waals surface area contributed by atoms with Crippen molar-refractivity contribution in [2.75, 3.05) is 24.8 Å². The zero-order chi connectivity index (χ0) is 14.1. The van der Waals surface area contributed by atoms with Gasteiger partial charge in [0.25, 0.3) is 0 Å². The van der Waals surface area contributed by atoms with Crippen LogP contribution in [0.5, 0.6) is 0 Å². The minimum atomic E-state index is -0.728. The molecule has 1 aliphatic carbocycles. The van der Waals surface area contributed by atoms with Gasteiger partial charge in [-0.3, -0.25) is 9.69 Å². The summed E-state index contributed by atoms with van der Waals surface area (Å²) in [7, 11) is 0. The molecule has 0 aliphatic heterocycles. The van der Waals surface area contributed by atoms with Crippen molar-refractivity contribution in [3.8, 4) is 0 Å². The van der Waals surface area contributed by atoms with E-state index in [1.165, 1.54) is 5.57 Å². The van der Waals surface area contributed by atoms with Crippen LogP contribution < -0.4 is 0 Å². The lowest BCUT2D eigenvalue weighted by molar-refractivity contribution is -0.137. The normalized spacial score (nSPS) is 18.7. The van der Waals surface area contributed by atoms with E-state index in [9.17, 15) is 4.79 Å². The second-order valence-electron chi connectivity index (χ2n) is 4.60. The molecule has 0 aromatic carbocycles. The number of halogens is 2. The van der Waals surface area contributed by atoms with Gasteiger partial charge in [-0.1, -0.05) is 23.8 Å². The molecular weight excluding hydrogens is 285 g/mol. The van der Waals surface area contributed by atoms with E-state index >= 15 is 0 Å². The highest BCUT2D eigenvalue weighted by Crippen LogP contribution is 2.19. The van der Waals surface area contributed by atoms with Crippen molar-refractivity contribution in [3.63, 3.8) is 0 Å². The molecule has 0 aromatic heterocycles. The van der Waals surface area contributed by atoms with Crippen LogP contribution >= 0.6 is 23.2 Å². The fraction of sp³-hybridized carbons (Fsp3) is 0.643. The summed E-state index contributed by atoms with van der Waals surface area (Å²) < 4.78 is 0. The molecule has 0 bridgehead atoms. The quantitative estimate of drug-likeness (QED) is 0.665. The molecule has 1 rings (SSSR count). The highest BCUT2D eigenvalue weighted by molar-refractivity contribution is 6.18. The Morgan fingerprint density at radius 1 is 1.37 bits per heavy atom. The molecule has 108 valence electrons. The Morgan fingerprint density at radius 2 is 2.05 bits per heavy atom. The summed E-state index contributed by atoms with van der Waals surface area (Å²) in [5.74, 6) is 0.487. The van der Waals surface area contributed by atoms with Crippen LogP contribution in [-0.4, -0.2) is 46.9 Å². The summed E-state index contributed by atoms with van der Waals surface area (Å²) in [5.41, 5.74) is 1.23. The molecule has 0 spiro atoms. The standard InChI is InChI=1S/C14H21Cl2NO2/c15-8-10-17(11-9-16)13-6-4-12(5-7-13)2-1-3-14(18)19/h4-6,13H,1-3,7-11H2,(H,18,19). The molecule has 0 heterocycles. The van der Waals surface area contributed by atoms with Crippen molar-refractivity contribution in [2.24, 2.45) is 0 Å². The Morgan fingerprint density at radius 3 is 2.53 bits per heavy atom. The number of hydrogen-bond donors (Lipinski definition) is 1. The van der Waals surface area contributed by atoms with Gasteiger partial charge in [-0.05, 0) is 19.3 Å². The Balaban J connectivity index is 2.39. The average molecular weight is 306 g/mol. The first kappa shape index (κ1) is 16.5. The third kappa shape index (κ3) is 6.46. The van der Waals surface area contributed by atoms with Gasteiger partial charge in [-0.15, -0.1) is 23.2 Å². The van der Waals surface area contributed by atoms with Crippen LogP contribution in [0, 0.1) is 0 Å². The average Bonchev–Trinajstić information content (AvgIpc) is 2.39. The van der Waals surface area contributed by atoms with Crippen molar-refractivity contribution in [3.05, 3.63) is 23.8 Å². The molecule has 1 N–H and O–H groups in total. The molecule has 5 heteroatoms. The summed E-state index contributed by atoms with van der Waals surface area (Å²) in [6, 6.07) is 0.362. The molecule has 0 amide bonds. The van der Waals surface area contributed by atoms with Gasteiger partial charge < -0.3 is 5.11 Å². The van der Waals surface area contributed by atoms with Gasteiger partial charge in [0.05, 0.1) is 0 Å². The SMILES string of the molecule is O=C(O)CCCC1=CCC(N(CCCl)CCCl)C=C1. The summed E-state index contributed by atoms with van der Waals surface area (Å²) in [6.45, 7) is 1.68. The first-order valence-electron chi connectivity index (χ1n) is 6.62. The van der Waals surface area contributed by atoms with Gasteiger partial charge in [0.15, 0.2) is 0 Å². The smallest absolute Gasteiger partial charge is 0.303 e. The molecule has 0 fully saturated rings. The predicted molar refractivity (Wildman–Crippen MR) is 80.1 cm³/mol. The number of hydrogen-bond acceptors (Lipinski definition) is 2. The topological polar surface area (TPSA) is 40.5 Å². The molecule has 0 saturated carbocycles. The van der Waals surface area contributed by atoms with Gasteiger partial charge in [-0.25, -0.2) is 0 Å². The largest absolute Gasteiger partial charge is 0.481 e. The Bertz CT molecular complexity index is 336. The number of aliphatic carboxylic acids is 1. The number of carbonyl (C=O) groups is 1. The number of rotatable bonds is 9. The molecule has 0 saturated heterocycles. The van der Waals surface area contributed by atoms with E-state index in [2.05, 4.69) is 23.1 Å². The van der Waals surface area contributed by atoms with Crippen molar-refractivity contribution < 1.29 is 9.90 Å². The number of alkyl halides is 2. The van der Waals surface area contributed by atoms with Crippen molar-refractivity contribution >= 4 is 29.2 Å². The van der Waals surface area contributed by atoms with Gasteiger partial charge >= 0.3 is 5.97 Å². The van der Waals surface area contributed by atoms with Crippen LogP contribution in [-0.2, 0) is 4.79 Å². The first-order chi connectivity index (χ1) is 9.17. The van der Waals surface area contributed by atoms with E-state index in [0.717, 1.165) is 25.9 Å². The first-order valence-corrected chi connectivity index (χ1v) is 7.69. The van der Waals surface area contributed by atoms with Crippen molar-refractivity contribution in [1.82, 2.24) is 4.90 Å². The van der Waals surface area contributed by atoms with Gasteiger partial charge in [0, 0.05) is 37.3 Å². The van der Waals surface area contributed by atoms with Crippen LogP contribution in [0.4, 0.5) is 0 Å².